The Balaban J connectivity index is 1.60. The van der Waals surface area contributed by atoms with Gasteiger partial charge in [-0.1, -0.05) is 49.4 Å². The second-order valence-electron chi connectivity index (χ2n) is 8.23. The van der Waals surface area contributed by atoms with E-state index in [9.17, 15) is 9.90 Å². The Kier molecular flexibility index (Phi) is 5.11. The second kappa shape index (κ2) is 8.09. The molecule has 2 aromatic carbocycles. The highest BCUT2D eigenvalue weighted by atomic mass is 16.4. The van der Waals surface area contributed by atoms with Crippen LogP contribution in [0.4, 0.5) is 0 Å². The molecule has 160 valence electrons. The zero-order valence-electron chi connectivity index (χ0n) is 18.1. The molecule has 5 heteroatoms. The van der Waals surface area contributed by atoms with E-state index in [-0.39, 0.29) is 0 Å². The summed E-state index contributed by atoms with van der Waals surface area (Å²) in [7, 11) is 1.99. The smallest absolute Gasteiger partial charge is 0.336 e. The molecule has 4 aromatic rings. The van der Waals surface area contributed by atoms with Gasteiger partial charge in [-0.25, -0.2) is 9.78 Å². The van der Waals surface area contributed by atoms with Gasteiger partial charge in [-0.2, -0.15) is 0 Å². The molecule has 0 aliphatic carbocycles. The average Bonchev–Trinajstić information content (AvgIpc) is 3.26. The number of rotatable bonds is 4. The van der Waals surface area contributed by atoms with Crippen LogP contribution in [0.2, 0.25) is 0 Å². The number of hydrogen-bond donors (Lipinski definition) is 1. The minimum atomic E-state index is -0.926. The maximum atomic E-state index is 12.2. The summed E-state index contributed by atoms with van der Waals surface area (Å²) in [5, 5.41) is 10.7. The van der Waals surface area contributed by atoms with Gasteiger partial charge in [0.05, 0.1) is 16.8 Å². The molecule has 0 amide bonds. The van der Waals surface area contributed by atoms with E-state index < -0.39 is 5.97 Å². The number of carboxylic acid groups (broad SMARTS) is 1. The monoisotopic (exact) mass is 424 g/mol. The van der Waals surface area contributed by atoms with Crippen molar-refractivity contribution >= 4 is 28.5 Å². The summed E-state index contributed by atoms with van der Waals surface area (Å²) in [6.45, 7) is 3.34. The molecule has 0 radical (unpaired) electrons. The highest BCUT2D eigenvalue weighted by Crippen LogP contribution is 2.34. The first-order chi connectivity index (χ1) is 15.5. The van der Waals surface area contributed by atoms with E-state index in [2.05, 4.69) is 36.1 Å². The average molecular weight is 425 g/mol. The molecule has 1 aliphatic rings. The van der Waals surface area contributed by atoms with Gasteiger partial charge < -0.3 is 9.52 Å². The lowest BCUT2D eigenvalue weighted by Crippen LogP contribution is -2.28. The number of furan rings is 1. The van der Waals surface area contributed by atoms with Crippen molar-refractivity contribution in [1.29, 1.82) is 0 Å². The number of aromatic carboxylic acids is 1. The third kappa shape index (κ3) is 3.61. The van der Waals surface area contributed by atoms with Crippen LogP contribution in [0.15, 0.2) is 65.1 Å². The van der Waals surface area contributed by atoms with Crippen LogP contribution >= 0.6 is 0 Å². The third-order valence-electron chi connectivity index (χ3n) is 5.97. The van der Waals surface area contributed by atoms with Crippen LogP contribution in [0, 0.1) is 0 Å². The van der Waals surface area contributed by atoms with Gasteiger partial charge in [0, 0.05) is 29.6 Å². The summed E-state index contributed by atoms with van der Waals surface area (Å²) in [4.78, 5) is 19.1. The maximum absolute atomic E-state index is 12.2. The van der Waals surface area contributed by atoms with Crippen LogP contribution in [0.1, 0.15) is 39.9 Å². The molecule has 0 saturated heterocycles. The summed E-state index contributed by atoms with van der Waals surface area (Å²) in [6.07, 6.45) is 2.98. The molecule has 5 nitrogen and oxygen atoms in total. The van der Waals surface area contributed by atoms with Crippen molar-refractivity contribution in [1.82, 2.24) is 9.88 Å². The Morgan fingerprint density at radius 2 is 1.88 bits per heavy atom. The molecule has 0 spiro atoms. The molecular weight excluding hydrogens is 400 g/mol. The Labute approximate surface area is 186 Å². The summed E-state index contributed by atoms with van der Waals surface area (Å²) in [5.74, 6) is 0.606. The number of pyridine rings is 1. The lowest BCUT2D eigenvalue weighted by Gasteiger charge is -2.28. The number of hydrogen-bond acceptors (Lipinski definition) is 4. The minimum Gasteiger partial charge on any atom is -0.478 e. The fraction of sp³-hybridized carbons (Fsp3) is 0.185. The molecule has 0 fully saturated rings. The predicted octanol–water partition coefficient (Wildman–Crippen LogP) is 5.74. The number of fused-ring (bicyclic) bond motifs is 2. The molecule has 0 unspecified atom stereocenters. The van der Waals surface area contributed by atoms with Crippen LogP contribution in [0.5, 0.6) is 0 Å². The lowest BCUT2D eigenvalue weighted by atomic mass is 9.93. The zero-order valence-corrected chi connectivity index (χ0v) is 18.1. The van der Waals surface area contributed by atoms with Gasteiger partial charge >= 0.3 is 5.97 Å². The van der Waals surface area contributed by atoms with Crippen LogP contribution in [-0.2, 0) is 13.0 Å². The van der Waals surface area contributed by atoms with E-state index in [1.54, 1.807) is 0 Å². The number of benzene rings is 2. The number of aromatic nitrogens is 1. The molecule has 1 aliphatic heterocycles. The van der Waals surface area contributed by atoms with Gasteiger partial charge in [-0.05, 0) is 48.9 Å². The number of likely N-dealkylation sites (N-methyl/N-ethyl adjacent to an activating group) is 1. The van der Waals surface area contributed by atoms with E-state index in [0.29, 0.717) is 29.6 Å². The molecule has 1 N–H and O–H groups in total. The zero-order chi connectivity index (χ0) is 22.2. The van der Waals surface area contributed by atoms with Crippen LogP contribution < -0.4 is 0 Å². The van der Waals surface area contributed by atoms with Gasteiger partial charge in [-0.15, -0.1) is 0 Å². The van der Waals surface area contributed by atoms with E-state index >= 15 is 0 Å². The first-order valence-electron chi connectivity index (χ1n) is 10.8. The quantitative estimate of drug-likeness (QED) is 0.452. The van der Waals surface area contributed by atoms with Gasteiger partial charge in [-0.3, -0.25) is 4.90 Å². The topological polar surface area (TPSA) is 66.6 Å². The highest BCUT2D eigenvalue weighted by Gasteiger charge is 2.27. The number of nitrogens with zero attached hydrogens (tertiary/aromatic N) is 2. The molecule has 32 heavy (non-hydrogen) atoms. The fourth-order valence-electron chi connectivity index (χ4n) is 4.38. The largest absolute Gasteiger partial charge is 0.478 e. The van der Waals surface area contributed by atoms with Gasteiger partial charge in [0.15, 0.2) is 0 Å². The Bertz CT molecular complexity index is 1350. The number of carboxylic acids is 1. The first-order valence-corrected chi connectivity index (χ1v) is 10.8. The predicted molar refractivity (Wildman–Crippen MR) is 126 cm³/mol. The van der Waals surface area contributed by atoms with Crippen molar-refractivity contribution in [3.05, 3.63) is 88.8 Å². The fourth-order valence-corrected chi connectivity index (χ4v) is 4.38. The summed E-state index contributed by atoms with van der Waals surface area (Å²) < 4.78 is 6.12. The third-order valence-corrected chi connectivity index (χ3v) is 5.97. The molecular formula is C27H24N2O3. The van der Waals surface area contributed by atoms with Crippen LogP contribution in [0.25, 0.3) is 33.9 Å². The van der Waals surface area contributed by atoms with E-state index in [1.807, 2.05) is 49.5 Å². The van der Waals surface area contributed by atoms with Crippen LogP contribution in [0.3, 0.4) is 0 Å². The Hall–Kier alpha value is -3.70. The van der Waals surface area contributed by atoms with Gasteiger partial charge in [0.1, 0.15) is 11.5 Å². The van der Waals surface area contributed by atoms with Crippen molar-refractivity contribution in [2.75, 3.05) is 13.6 Å². The highest BCUT2D eigenvalue weighted by molar-refractivity contribution is 6.05. The molecule has 0 bridgehead atoms. The Morgan fingerprint density at radius 3 is 2.62 bits per heavy atom. The standard InChI is InChI=1S/C27H24N2O3/c1-3-17-8-10-18(11-9-17)24-13-12-20(32-24)14-19-15-29(2)16-22-25(27(30)31)21-6-4-5-7-23(21)28-26(19)22/h4-14H,3,15-16H2,1-2H3,(H,30,31)/b19-14+. The summed E-state index contributed by atoms with van der Waals surface area (Å²) in [5.41, 5.74) is 5.78. The molecule has 3 heterocycles. The van der Waals surface area contributed by atoms with Crippen molar-refractivity contribution in [2.45, 2.75) is 19.9 Å². The van der Waals surface area contributed by atoms with Gasteiger partial charge in [0.25, 0.3) is 0 Å². The molecule has 2 aromatic heterocycles. The second-order valence-corrected chi connectivity index (χ2v) is 8.23. The Morgan fingerprint density at radius 1 is 1.09 bits per heavy atom. The SMILES string of the molecule is CCc1ccc(-c2ccc(/C=C3\CN(C)Cc4c3nc3ccccc3c4C(=O)O)o2)cc1. The first kappa shape index (κ1) is 20.2. The van der Waals surface area contributed by atoms with Crippen molar-refractivity contribution in [2.24, 2.45) is 0 Å². The molecule has 0 atom stereocenters. The summed E-state index contributed by atoms with van der Waals surface area (Å²) >= 11 is 0. The van der Waals surface area contributed by atoms with Crippen molar-refractivity contribution < 1.29 is 14.3 Å². The van der Waals surface area contributed by atoms with Crippen molar-refractivity contribution in [3.63, 3.8) is 0 Å². The normalized spacial score (nSPS) is 15.2. The lowest BCUT2D eigenvalue weighted by molar-refractivity contribution is 0.0696. The summed E-state index contributed by atoms with van der Waals surface area (Å²) in [6, 6.07) is 19.7. The number of carbonyl (C=O) groups is 1. The van der Waals surface area contributed by atoms with E-state index in [0.717, 1.165) is 40.3 Å². The number of aryl methyl sites for hydroxylation is 1. The minimum absolute atomic E-state index is 0.333. The van der Waals surface area contributed by atoms with Crippen LogP contribution in [-0.4, -0.2) is 34.6 Å². The van der Waals surface area contributed by atoms with E-state index in [4.69, 9.17) is 9.40 Å². The van der Waals surface area contributed by atoms with E-state index in [1.165, 1.54) is 5.56 Å². The molecule has 0 saturated carbocycles. The van der Waals surface area contributed by atoms with Gasteiger partial charge in [0.2, 0.25) is 0 Å². The maximum Gasteiger partial charge on any atom is 0.336 e. The molecule has 5 rings (SSSR count). The number of para-hydroxylation sites is 1. The van der Waals surface area contributed by atoms with Crippen molar-refractivity contribution in [3.8, 4) is 11.3 Å².